The van der Waals surface area contributed by atoms with Crippen molar-refractivity contribution in [1.82, 2.24) is 0 Å². The molecule has 2 atom stereocenters. The average Bonchev–Trinajstić information content (AvgIpc) is 2.06. The second-order valence-corrected chi connectivity index (χ2v) is 3.33. The number of carboxylic acids is 1. The van der Waals surface area contributed by atoms with Gasteiger partial charge in [-0.25, -0.2) is 0 Å². The minimum absolute atomic E-state index is 0.473. The van der Waals surface area contributed by atoms with Gasteiger partial charge < -0.3 is 10.8 Å². The smallest absolute Gasteiger partial charge is 0.320 e. The van der Waals surface area contributed by atoms with Gasteiger partial charge in [-0.3, -0.25) is 4.79 Å². The van der Waals surface area contributed by atoms with Crippen LogP contribution in [0, 0.1) is 5.92 Å². The molecule has 0 spiro atoms. The standard InChI is InChI=1S/C9H15NO2/c10-8(9(11)12)6-7-4-2-1-3-5-7/h1-2,7-8H,3-6,10H2,(H,11,12)/t7?,8-/m0/s1. The summed E-state index contributed by atoms with van der Waals surface area (Å²) >= 11 is 0. The van der Waals surface area contributed by atoms with E-state index in [1.54, 1.807) is 0 Å². The summed E-state index contributed by atoms with van der Waals surface area (Å²) in [6.45, 7) is 0. The normalized spacial score (nSPS) is 25.2. The van der Waals surface area contributed by atoms with Crippen molar-refractivity contribution >= 4 is 5.97 Å². The molecule has 1 aliphatic rings. The molecule has 1 unspecified atom stereocenters. The molecule has 12 heavy (non-hydrogen) atoms. The van der Waals surface area contributed by atoms with Crippen LogP contribution in [0.5, 0.6) is 0 Å². The summed E-state index contributed by atoms with van der Waals surface area (Å²) in [5.41, 5.74) is 5.42. The Bertz CT molecular complexity index is 189. The number of carboxylic acid groups (broad SMARTS) is 1. The van der Waals surface area contributed by atoms with Crippen LogP contribution in [0.2, 0.25) is 0 Å². The van der Waals surface area contributed by atoms with Crippen LogP contribution in [0.4, 0.5) is 0 Å². The SMILES string of the molecule is N[C@@H](CC1CC=CCC1)C(=O)O. The summed E-state index contributed by atoms with van der Waals surface area (Å²) in [6.07, 6.45) is 8.00. The highest BCUT2D eigenvalue weighted by molar-refractivity contribution is 5.73. The van der Waals surface area contributed by atoms with Gasteiger partial charge >= 0.3 is 5.97 Å². The van der Waals surface area contributed by atoms with Crippen molar-refractivity contribution in [2.24, 2.45) is 11.7 Å². The Hall–Kier alpha value is -0.830. The summed E-state index contributed by atoms with van der Waals surface area (Å²) in [6, 6.07) is -0.679. The van der Waals surface area contributed by atoms with Gasteiger partial charge in [0.25, 0.3) is 0 Å². The number of rotatable bonds is 3. The second kappa shape index (κ2) is 4.26. The molecule has 0 heterocycles. The first-order chi connectivity index (χ1) is 5.70. The van der Waals surface area contributed by atoms with Gasteiger partial charge in [0.2, 0.25) is 0 Å². The van der Waals surface area contributed by atoms with Gasteiger partial charge in [-0.2, -0.15) is 0 Å². The van der Waals surface area contributed by atoms with Crippen LogP contribution in [-0.4, -0.2) is 17.1 Å². The van der Waals surface area contributed by atoms with E-state index in [0.717, 1.165) is 19.3 Å². The van der Waals surface area contributed by atoms with E-state index >= 15 is 0 Å². The van der Waals surface area contributed by atoms with E-state index in [2.05, 4.69) is 12.2 Å². The van der Waals surface area contributed by atoms with Gasteiger partial charge in [-0.05, 0) is 31.6 Å². The molecule has 0 bridgehead atoms. The fraction of sp³-hybridized carbons (Fsp3) is 0.667. The zero-order chi connectivity index (χ0) is 8.97. The summed E-state index contributed by atoms with van der Waals surface area (Å²) in [5, 5.41) is 8.57. The molecule has 3 N–H and O–H groups in total. The number of hydrogen-bond donors (Lipinski definition) is 2. The first-order valence-electron chi connectivity index (χ1n) is 4.33. The van der Waals surface area contributed by atoms with Crippen molar-refractivity contribution in [2.75, 3.05) is 0 Å². The maximum atomic E-state index is 10.4. The van der Waals surface area contributed by atoms with Crippen molar-refractivity contribution in [2.45, 2.75) is 31.7 Å². The van der Waals surface area contributed by atoms with Crippen molar-refractivity contribution in [1.29, 1.82) is 0 Å². The minimum atomic E-state index is -0.885. The molecular weight excluding hydrogens is 154 g/mol. The van der Waals surface area contributed by atoms with Crippen LogP contribution in [0.1, 0.15) is 25.7 Å². The molecule has 0 fully saturated rings. The van der Waals surface area contributed by atoms with Gasteiger partial charge in [0.1, 0.15) is 6.04 Å². The lowest BCUT2D eigenvalue weighted by molar-refractivity contribution is -0.138. The number of hydrogen-bond acceptors (Lipinski definition) is 2. The zero-order valence-electron chi connectivity index (χ0n) is 7.07. The molecule has 0 saturated heterocycles. The van der Waals surface area contributed by atoms with Crippen LogP contribution in [-0.2, 0) is 4.79 Å². The van der Waals surface area contributed by atoms with Gasteiger partial charge in [0.15, 0.2) is 0 Å². The molecule has 0 saturated carbocycles. The minimum Gasteiger partial charge on any atom is -0.480 e. The lowest BCUT2D eigenvalue weighted by atomic mass is 9.89. The van der Waals surface area contributed by atoms with E-state index in [1.165, 1.54) is 0 Å². The predicted molar refractivity (Wildman–Crippen MR) is 46.7 cm³/mol. The van der Waals surface area contributed by atoms with Crippen molar-refractivity contribution in [3.05, 3.63) is 12.2 Å². The van der Waals surface area contributed by atoms with Crippen LogP contribution in [0.3, 0.4) is 0 Å². The maximum absolute atomic E-state index is 10.4. The Morgan fingerprint density at radius 3 is 2.92 bits per heavy atom. The summed E-state index contributed by atoms with van der Waals surface area (Å²) < 4.78 is 0. The topological polar surface area (TPSA) is 63.3 Å². The van der Waals surface area contributed by atoms with Crippen molar-refractivity contribution in [3.8, 4) is 0 Å². The Morgan fingerprint density at radius 1 is 1.67 bits per heavy atom. The Morgan fingerprint density at radius 2 is 2.42 bits per heavy atom. The lowest BCUT2D eigenvalue weighted by Gasteiger charge is -2.19. The fourth-order valence-corrected chi connectivity index (χ4v) is 1.53. The molecule has 0 aromatic heterocycles. The van der Waals surface area contributed by atoms with Crippen LogP contribution in [0.25, 0.3) is 0 Å². The van der Waals surface area contributed by atoms with E-state index in [-0.39, 0.29) is 0 Å². The summed E-state index contributed by atoms with van der Waals surface area (Å²) in [5.74, 6) is -0.411. The number of nitrogens with two attached hydrogens (primary N) is 1. The average molecular weight is 169 g/mol. The van der Waals surface area contributed by atoms with Gasteiger partial charge in [-0.1, -0.05) is 12.2 Å². The van der Waals surface area contributed by atoms with Gasteiger partial charge in [-0.15, -0.1) is 0 Å². The van der Waals surface area contributed by atoms with Crippen LogP contribution < -0.4 is 5.73 Å². The molecular formula is C9H15NO2. The van der Waals surface area contributed by atoms with Gasteiger partial charge in [0, 0.05) is 0 Å². The molecule has 0 radical (unpaired) electrons. The third-order valence-electron chi connectivity index (χ3n) is 2.28. The lowest BCUT2D eigenvalue weighted by Crippen LogP contribution is -2.32. The quantitative estimate of drug-likeness (QED) is 0.623. The number of aliphatic carboxylic acids is 1. The Kier molecular flexibility index (Phi) is 3.29. The Balaban J connectivity index is 2.30. The molecule has 0 amide bonds. The highest BCUT2D eigenvalue weighted by atomic mass is 16.4. The zero-order valence-corrected chi connectivity index (χ0v) is 7.07. The third kappa shape index (κ3) is 2.66. The molecule has 0 aromatic carbocycles. The van der Waals surface area contributed by atoms with E-state index in [9.17, 15) is 4.79 Å². The second-order valence-electron chi connectivity index (χ2n) is 3.33. The highest BCUT2D eigenvalue weighted by Crippen LogP contribution is 2.22. The highest BCUT2D eigenvalue weighted by Gasteiger charge is 2.18. The molecule has 0 aliphatic heterocycles. The largest absolute Gasteiger partial charge is 0.480 e. The predicted octanol–water partition coefficient (Wildman–Crippen LogP) is 1.14. The number of allylic oxidation sites excluding steroid dienone is 2. The van der Waals surface area contributed by atoms with Gasteiger partial charge in [0.05, 0.1) is 0 Å². The molecule has 0 aromatic rings. The Labute approximate surface area is 72.3 Å². The van der Waals surface area contributed by atoms with Crippen LogP contribution in [0.15, 0.2) is 12.2 Å². The number of carbonyl (C=O) groups is 1. The van der Waals surface area contributed by atoms with Crippen molar-refractivity contribution in [3.63, 3.8) is 0 Å². The van der Waals surface area contributed by atoms with Crippen LogP contribution >= 0.6 is 0 Å². The molecule has 1 aliphatic carbocycles. The van der Waals surface area contributed by atoms with E-state index < -0.39 is 12.0 Å². The van der Waals surface area contributed by atoms with E-state index in [0.29, 0.717) is 12.3 Å². The maximum Gasteiger partial charge on any atom is 0.320 e. The van der Waals surface area contributed by atoms with Crippen molar-refractivity contribution < 1.29 is 9.90 Å². The third-order valence-corrected chi connectivity index (χ3v) is 2.28. The van der Waals surface area contributed by atoms with E-state index in [1.807, 2.05) is 0 Å². The molecule has 3 heteroatoms. The molecule has 68 valence electrons. The summed E-state index contributed by atoms with van der Waals surface area (Å²) in [4.78, 5) is 10.4. The first-order valence-corrected chi connectivity index (χ1v) is 4.33. The molecule has 3 nitrogen and oxygen atoms in total. The monoisotopic (exact) mass is 169 g/mol. The van der Waals surface area contributed by atoms with E-state index in [4.69, 9.17) is 10.8 Å². The first kappa shape index (κ1) is 9.26. The molecule has 1 rings (SSSR count). The fourth-order valence-electron chi connectivity index (χ4n) is 1.53. The summed E-state index contributed by atoms with van der Waals surface area (Å²) in [7, 11) is 0.